The molecule has 2 N–H and O–H groups in total. The molecule has 0 atom stereocenters. The Morgan fingerprint density at radius 2 is 2.06 bits per heavy atom. The standard InChI is InChI=1S/C14H21N3.HI/c1-3-15-14(17-13-8-9-13)16-10-12-7-5-4-6-11(12)2;/h4-7,13H,3,8-10H2,1-2H3,(H2,15,16,17);1H. The van der Waals surface area contributed by atoms with Gasteiger partial charge in [0, 0.05) is 12.6 Å². The first-order valence-corrected chi connectivity index (χ1v) is 6.39. The number of aryl methyl sites for hydroxylation is 1. The maximum Gasteiger partial charge on any atom is 0.191 e. The molecule has 0 saturated heterocycles. The minimum atomic E-state index is 0. The molecule has 1 aliphatic rings. The van der Waals surface area contributed by atoms with Gasteiger partial charge in [0.15, 0.2) is 5.96 Å². The van der Waals surface area contributed by atoms with Crippen LogP contribution in [0, 0.1) is 6.92 Å². The van der Waals surface area contributed by atoms with Crippen LogP contribution in [-0.4, -0.2) is 18.5 Å². The predicted octanol–water partition coefficient (Wildman–Crippen LogP) is 2.83. The molecule has 0 amide bonds. The first-order chi connectivity index (χ1) is 8.29. The summed E-state index contributed by atoms with van der Waals surface area (Å²) >= 11 is 0. The quantitative estimate of drug-likeness (QED) is 0.493. The van der Waals surface area contributed by atoms with Gasteiger partial charge in [-0.05, 0) is 37.8 Å². The van der Waals surface area contributed by atoms with Gasteiger partial charge in [0.1, 0.15) is 0 Å². The average molecular weight is 359 g/mol. The third-order valence-electron chi connectivity index (χ3n) is 2.93. The van der Waals surface area contributed by atoms with Crippen molar-refractivity contribution >= 4 is 29.9 Å². The number of nitrogens with one attached hydrogen (secondary N) is 2. The van der Waals surface area contributed by atoms with E-state index in [-0.39, 0.29) is 24.0 Å². The van der Waals surface area contributed by atoms with Crippen molar-refractivity contribution in [1.29, 1.82) is 0 Å². The lowest BCUT2D eigenvalue weighted by Crippen LogP contribution is -2.38. The van der Waals surface area contributed by atoms with E-state index in [1.54, 1.807) is 0 Å². The monoisotopic (exact) mass is 359 g/mol. The highest BCUT2D eigenvalue weighted by atomic mass is 127. The van der Waals surface area contributed by atoms with Crippen LogP contribution in [-0.2, 0) is 6.54 Å². The summed E-state index contributed by atoms with van der Waals surface area (Å²) in [5.41, 5.74) is 2.60. The molecule has 0 aromatic heterocycles. The van der Waals surface area contributed by atoms with Crippen molar-refractivity contribution in [2.75, 3.05) is 6.54 Å². The zero-order valence-corrected chi connectivity index (χ0v) is 13.4. The highest BCUT2D eigenvalue weighted by Crippen LogP contribution is 2.18. The molecule has 0 aliphatic heterocycles. The summed E-state index contributed by atoms with van der Waals surface area (Å²) in [7, 11) is 0. The molecule has 18 heavy (non-hydrogen) atoms. The molecule has 100 valence electrons. The molecule has 1 aromatic rings. The summed E-state index contributed by atoms with van der Waals surface area (Å²) in [5, 5.41) is 6.70. The molecule has 0 spiro atoms. The fraction of sp³-hybridized carbons (Fsp3) is 0.500. The summed E-state index contributed by atoms with van der Waals surface area (Å²) in [4.78, 5) is 4.62. The molecule has 0 bridgehead atoms. The number of halogens is 1. The van der Waals surface area contributed by atoms with Gasteiger partial charge in [-0.2, -0.15) is 0 Å². The van der Waals surface area contributed by atoms with Crippen LogP contribution in [0.2, 0.25) is 0 Å². The molecule has 1 fully saturated rings. The van der Waals surface area contributed by atoms with Crippen LogP contribution >= 0.6 is 24.0 Å². The predicted molar refractivity (Wildman–Crippen MR) is 87.6 cm³/mol. The Hall–Kier alpha value is -0.780. The Morgan fingerprint density at radius 1 is 1.33 bits per heavy atom. The molecule has 3 nitrogen and oxygen atoms in total. The summed E-state index contributed by atoms with van der Waals surface area (Å²) in [6.07, 6.45) is 2.55. The Morgan fingerprint density at radius 3 is 2.67 bits per heavy atom. The second-order valence-electron chi connectivity index (χ2n) is 4.54. The summed E-state index contributed by atoms with van der Waals surface area (Å²) in [5.74, 6) is 0.943. The van der Waals surface area contributed by atoms with Gasteiger partial charge >= 0.3 is 0 Å². The van der Waals surface area contributed by atoms with Crippen LogP contribution in [0.15, 0.2) is 29.3 Å². The third kappa shape index (κ3) is 4.84. The van der Waals surface area contributed by atoms with Crippen molar-refractivity contribution in [3.8, 4) is 0 Å². The summed E-state index contributed by atoms with van der Waals surface area (Å²) < 4.78 is 0. The molecule has 2 rings (SSSR count). The van der Waals surface area contributed by atoms with Gasteiger partial charge in [-0.25, -0.2) is 4.99 Å². The molecule has 0 heterocycles. The van der Waals surface area contributed by atoms with Crippen LogP contribution in [0.25, 0.3) is 0 Å². The molecule has 0 radical (unpaired) electrons. The first kappa shape index (κ1) is 15.3. The largest absolute Gasteiger partial charge is 0.357 e. The van der Waals surface area contributed by atoms with E-state index in [1.165, 1.54) is 24.0 Å². The SMILES string of the molecule is CCNC(=NCc1ccccc1C)NC1CC1.I. The molecular weight excluding hydrogens is 337 g/mol. The first-order valence-electron chi connectivity index (χ1n) is 6.39. The zero-order valence-electron chi connectivity index (χ0n) is 11.1. The van der Waals surface area contributed by atoms with Crippen LogP contribution in [0.5, 0.6) is 0 Å². The number of hydrogen-bond donors (Lipinski definition) is 2. The molecule has 1 aliphatic carbocycles. The van der Waals surface area contributed by atoms with Crippen LogP contribution in [0.3, 0.4) is 0 Å². The summed E-state index contributed by atoms with van der Waals surface area (Å²) in [6.45, 7) is 5.88. The van der Waals surface area contributed by atoms with Crippen LogP contribution < -0.4 is 10.6 Å². The number of rotatable bonds is 4. The lowest BCUT2D eigenvalue weighted by molar-refractivity contribution is 0.811. The van der Waals surface area contributed by atoms with Gasteiger partial charge in [0.05, 0.1) is 6.54 Å². The van der Waals surface area contributed by atoms with E-state index in [1.807, 2.05) is 0 Å². The number of guanidine groups is 1. The van der Waals surface area contributed by atoms with Crippen molar-refractivity contribution in [1.82, 2.24) is 10.6 Å². The third-order valence-corrected chi connectivity index (χ3v) is 2.93. The Balaban J connectivity index is 0.00000162. The van der Waals surface area contributed by atoms with Crippen LogP contribution in [0.1, 0.15) is 30.9 Å². The van der Waals surface area contributed by atoms with Gasteiger partial charge in [-0.3, -0.25) is 0 Å². The smallest absolute Gasteiger partial charge is 0.191 e. The molecule has 0 unspecified atom stereocenters. The lowest BCUT2D eigenvalue weighted by Gasteiger charge is -2.10. The fourth-order valence-corrected chi connectivity index (χ4v) is 1.69. The number of hydrogen-bond acceptors (Lipinski definition) is 1. The average Bonchev–Trinajstić information content (AvgIpc) is 3.12. The topological polar surface area (TPSA) is 36.4 Å². The second kappa shape index (κ2) is 7.61. The number of aliphatic imine (C=N–C) groups is 1. The second-order valence-corrected chi connectivity index (χ2v) is 4.54. The highest BCUT2D eigenvalue weighted by molar-refractivity contribution is 14.0. The minimum absolute atomic E-state index is 0. The Labute approximate surface area is 126 Å². The van der Waals surface area contributed by atoms with Crippen molar-refractivity contribution in [2.24, 2.45) is 4.99 Å². The lowest BCUT2D eigenvalue weighted by atomic mass is 10.1. The molecule has 4 heteroatoms. The maximum atomic E-state index is 4.62. The Bertz CT molecular complexity index is 400. The van der Waals surface area contributed by atoms with Crippen molar-refractivity contribution in [2.45, 2.75) is 39.3 Å². The normalized spacial score (nSPS) is 14.9. The fourth-order valence-electron chi connectivity index (χ4n) is 1.69. The van der Waals surface area contributed by atoms with E-state index in [0.29, 0.717) is 6.04 Å². The van der Waals surface area contributed by atoms with Gasteiger partial charge < -0.3 is 10.6 Å². The maximum absolute atomic E-state index is 4.62. The number of nitrogens with zero attached hydrogens (tertiary/aromatic N) is 1. The van der Waals surface area contributed by atoms with E-state index >= 15 is 0 Å². The van der Waals surface area contributed by atoms with Crippen molar-refractivity contribution in [3.63, 3.8) is 0 Å². The van der Waals surface area contributed by atoms with Crippen molar-refractivity contribution < 1.29 is 0 Å². The zero-order chi connectivity index (χ0) is 12.1. The Kier molecular flexibility index (Phi) is 6.46. The van der Waals surface area contributed by atoms with E-state index in [4.69, 9.17) is 0 Å². The highest BCUT2D eigenvalue weighted by Gasteiger charge is 2.21. The van der Waals surface area contributed by atoms with Gasteiger partial charge in [0.25, 0.3) is 0 Å². The van der Waals surface area contributed by atoms with E-state index in [2.05, 4.69) is 53.7 Å². The van der Waals surface area contributed by atoms with Gasteiger partial charge in [-0.1, -0.05) is 24.3 Å². The summed E-state index contributed by atoms with van der Waals surface area (Å²) in [6, 6.07) is 9.05. The molecule has 1 aromatic carbocycles. The molecular formula is C14H22IN3. The van der Waals surface area contributed by atoms with Gasteiger partial charge in [0.2, 0.25) is 0 Å². The molecule has 1 saturated carbocycles. The van der Waals surface area contributed by atoms with E-state index in [0.717, 1.165) is 19.0 Å². The van der Waals surface area contributed by atoms with E-state index in [9.17, 15) is 0 Å². The van der Waals surface area contributed by atoms with Crippen LogP contribution in [0.4, 0.5) is 0 Å². The van der Waals surface area contributed by atoms with Crippen molar-refractivity contribution in [3.05, 3.63) is 35.4 Å². The number of benzene rings is 1. The van der Waals surface area contributed by atoms with E-state index < -0.39 is 0 Å². The van der Waals surface area contributed by atoms with Gasteiger partial charge in [-0.15, -0.1) is 24.0 Å². The minimum Gasteiger partial charge on any atom is -0.357 e.